The Labute approximate surface area is 180 Å². The quantitative estimate of drug-likeness (QED) is 0.269. The molecule has 0 saturated carbocycles. The van der Waals surface area contributed by atoms with Gasteiger partial charge in [0.15, 0.2) is 28.3 Å². The molecule has 0 amide bonds. The molecule has 156 valence electrons. The first-order valence-electron chi connectivity index (χ1n) is 9.59. The summed E-state index contributed by atoms with van der Waals surface area (Å²) in [6.07, 6.45) is 1.72. The fourth-order valence-electron chi connectivity index (χ4n) is 2.87. The maximum absolute atomic E-state index is 13.8. The number of carbonyl (C=O) groups excluding carboxylic acids is 1. The van der Waals surface area contributed by atoms with E-state index in [1.807, 2.05) is 43.5 Å². The lowest BCUT2D eigenvalue weighted by Crippen LogP contribution is -2.15. The van der Waals surface area contributed by atoms with Crippen LogP contribution in [0.5, 0.6) is 5.75 Å². The van der Waals surface area contributed by atoms with Crippen LogP contribution < -0.4 is 4.74 Å². The first-order chi connectivity index (χ1) is 14.4. The molecule has 0 saturated heterocycles. The number of hydrogen-bond donors (Lipinski definition) is 0. The van der Waals surface area contributed by atoms with Gasteiger partial charge in [-0.3, -0.25) is 9.36 Å². The van der Waals surface area contributed by atoms with Gasteiger partial charge in [-0.25, -0.2) is 4.39 Å². The number of aromatic nitrogens is 3. The number of aryl methyl sites for hydroxylation is 2. The fourth-order valence-corrected chi connectivity index (χ4v) is 3.82. The zero-order valence-electron chi connectivity index (χ0n) is 17.3. The van der Waals surface area contributed by atoms with Crippen molar-refractivity contribution in [2.75, 3.05) is 0 Å². The van der Waals surface area contributed by atoms with Gasteiger partial charge >= 0.3 is 0 Å². The Morgan fingerprint density at radius 1 is 1.23 bits per heavy atom. The van der Waals surface area contributed by atoms with Crippen molar-refractivity contribution in [3.05, 3.63) is 83.5 Å². The number of benzene rings is 2. The van der Waals surface area contributed by atoms with E-state index in [1.54, 1.807) is 24.3 Å². The molecule has 0 radical (unpaired) electrons. The molecule has 0 unspecified atom stereocenters. The predicted molar refractivity (Wildman–Crippen MR) is 117 cm³/mol. The van der Waals surface area contributed by atoms with Crippen LogP contribution in [0.3, 0.4) is 0 Å². The Morgan fingerprint density at radius 3 is 2.70 bits per heavy atom. The molecule has 3 rings (SSSR count). The number of rotatable bonds is 9. The SMILES string of the molecule is C=CCn1c(COc2ccccc2F)nnc1S[C@H](C)C(=O)c1ccc(C)c(C)c1. The Kier molecular flexibility index (Phi) is 7.05. The number of ketones is 1. The van der Waals surface area contributed by atoms with E-state index >= 15 is 0 Å². The van der Waals surface area contributed by atoms with Gasteiger partial charge < -0.3 is 4.74 Å². The largest absolute Gasteiger partial charge is 0.483 e. The molecular formula is C23H24FN3O2S. The highest BCUT2D eigenvalue weighted by Gasteiger charge is 2.21. The number of nitrogens with zero attached hydrogens (tertiary/aromatic N) is 3. The molecule has 30 heavy (non-hydrogen) atoms. The Balaban J connectivity index is 1.75. The lowest BCUT2D eigenvalue weighted by molar-refractivity contribution is 0.0993. The zero-order chi connectivity index (χ0) is 21.7. The van der Waals surface area contributed by atoms with Gasteiger partial charge in [0.1, 0.15) is 6.61 Å². The molecule has 0 spiro atoms. The molecule has 1 atom stereocenters. The number of allylic oxidation sites excluding steroid dienone is 1. The molecule has 1 aromatic heterocycles. The van der Waals surface area contributed by atoms with Gasteiger partial charge in [-0.05, 0) is 50.1 Å². The summed E-state index contributed by atoms with van der Waals surface area (Å²) in [5.41, 5.74) is 2.91. The van der Waals surface area contributed by atoms with E-state index in [1.165, 1.54) is 17.8 Å². The van der Waals surface area contributed by atoms with Gasteiger partial charge in [-0.15, -0.1) is 16.8 Å². The van der Waals surface area contributed by atoms with Crippen LogP contribution in [0, 0.1) is 19.7 Å². The minimum atomic E-state index is -0.436. The highest BCUT2D eigenvalue weighted by molar-refractivity contribution is 8.00. The van der Waals surface area contributed by atoms with E-state index in [0.29, 0.717) is 23.1 Å². The Morgan fingerprint density at radius 2 is 2.00 bits per heavy atom. The zero-order valence-corrected chi connectivity index (χ0v) is 18.1. The predicted octanol–water partition coefficient (Wildman–Crippen LogP) is 5.16. The molecule has 2 aromatic carbocycles. The molecule has 0 aliphatic rings. The van der Waals surface area contributed by atoms with Gasteiger partial charge in [0.05, 0.1) is 5.25 Å². The van der Waals surface area contributed by atoms with E-state index < -0.39 is 5.82 Å². The molecule has 0 bridgehead atoms. The summed E-state index contributed by atoms with van der Waals surface area (Å²) in [4.78, 5) is 12.9. The molecule has 0 aliphatic carbocycles. The van der Waals surface area contributed by atoms with Crippen LogP contribution >= 0.6 is 11.8 Å². The van der Waals surface area contributed by atoms with Gasteiger partial charge in [-0.1, -0.05) is 42.1 Å². The molecule has 1 heterocycles. The van der Waals surface area contributed by atoms with Crippen LogP contribution in [0.2, 0.25) is 0 Å². The molecule has 5 nitrogen and oxygen atoms in total. The summed E-state index contributed by atoms with van der Waals surface area (Å²) in [7, 11) is 0. The third kappa shape index (κ3) is 4.97. The lowest BCUT2D eigenvalue weighted by atomic mass is 10.0. The molecule has 3 aromatic rings. The van der Waals surface area contributed by atoms with Crippen molar-refractivity contribution in [1.29, 1.82) is 0 Å². The average Bonchev–Trinajstić information content (AvgIpc) is 3.10. The van der Waals surface area contributed by atoms with Crippen molar-refractivity contribution in [1.82, 2.24) is 14.8 Å². The van der Waals surface area contributed by atoms with E-state index in [9.17, 15) is 9.18 Å². The summed E-state index contributed by atoms with van der Waals surface area (Å²) in [6, 6.07) is 11.9. The second kappa shape index (κ2) is 9.71. The minimum Gasteiger partial charge on any atom is -0.483 e. The summed E-state index contributed by atoms with van der Waals surface area (Å²) in [5, 5.41) is 8.64. The van der Waals surface area contributed by atoms with E-state index in [2.05, 4.69) is 16.8 Å². The molecule has 0 N–H and O–H groups in total. The topological polar surface area (TPSA) is 57.0 Å². The van der Waals surface area contributed by atoms with Gasteiger partial charge in [0, 0.05) is 12.1 Å². The van der Waals surface area contributed by atoms with Gasteiger partial charge in [0.25, 0.3) is 0 Å². The van der Waals surface area contributed by atoms with Crippen molar-refractivity contribution >= 4 is 17.5 Å². The van der Waals surface area contributed by atoms with Gasteiger partial charge in [0.2, 0.25) is 0 Å². The lowest BCUT2D eigenvalue weighted by Gasteiger charge is -2.13. The summed E-state index contributed by atoms with van der Waals surface area (Å²) in [6.45, 7) is 10.2. The van der Waals surface area contributed by atoms with Crippen molar-refractivity contribution in [2.24, 2.45) is 0 Å². The number of para-hydroxylation sites is 1. The highest BCUT2D eigenvalue weighted by Crippen LogP contribution is 2.26. The standard InChI is InChI=1S/C23H24FN3O2S/c1-5-12-27-21(14-29-20-9-7-6-8-19(20)24)25-26-23(27)30-17(4)22(28)18-11-10-15(2)16(3)13-18/h5-11,13,17H,1,12,14H2,2-4H3/t17-/m1/s1. The summed E-state index contributed by atoms with van der Waals surface area (Å²) < 4.78 is 21.2. The van der Waals surface area contributed by atoms with Crippen LogP contribution in [-0.2, 0) is 13.2 Å². The second-order valence-electron chi connectivity index (χ2n) is 6.94. The van der Waals surface area contributed by atoms with E-state index in [0.717, 1.165) is 11.1 Å². The van der Waals surface area contributed by atoms with Crippen molar-refractivity contribution in [3.63, 3.8) is 0 Å². The first kappa shape index (κ1) is 21.8. The normalized spacial score (nSPS) is 11.9. The van der Waals surface area contributed by atoms with Crippen molar-refractivity contribution < 1.29 is 13.9 Å². The minimum absolute atomic E-state index is 0.0282. The second-order valence-corrected chi connectivity index (χ2v) is 8.25. The van der Waals surface area contributed by atoms with Crippen LogP contribution in [0.1, 0.15) is 34.2 Å². The van der Waals surface area contributed by atoms with Crippen molar-refractivity contribution in [2.45, 2.75) is 44.3 Å². The molecule has 0 fully saturated rings. The van der Waals surface area contributed by atoms with Crippen molar-refractivity contribution in [3.8, 4) is 5.75 Å². The Bertz CT molecular complexity index is 1060. The molecular weight excluding hydrogens is 401 g/mol. The first-order valence-corrected chi connectivity index (χ1v) is 10.5. The van der Waals surface area contributed by atoms with Crippen LogP contribution in [0.15, 0.2) is 60.3 Å². The fraction of sp³-hybridized carbons (Fsp3) is 0.261. The van der Waals surface area contributed by atoms with Crippen LogP contribution in [-0.4, -0.2) is 25.8 Å². The highest BCUT2D eigenvalue weighted by atomic mass is 32.2. The number of ether oxygens (including phenoxy) is 1. The number of hydrogen-bond acceptors (Lipinski definition) is 5. The molecule has 7 heteroatoms. The van der Waals surface area contributed by atoms with E-state index in [-0.39, 0.29) is 23.4 Å². The third-order valence-corrected chi connectivity index (χ3v) is 5.82. The number of Topliss-reactive ketones (excluding diaryl/α,β-unsaturated/α-hetero) is 1. The number of thioether (sulfide) groups is 1. The number of halogens is 1. The Hall–Kier alpha value is -2.93. The smallest absolute Gasteiger partial charge is 0.192 e. The summed E-state index contributed by atoms with van der Waals surface area (Å²) in [5.74, 6) is 0.277. The monoisotopic (exact) mass is 425 g/mol. The van der Waals surface area contributed by atoms with Crippen LogP contribution in [0.4, 0.5) is 4.39 Å². The maximum Gasteiger partial charge on any atom is 0.192 e. The number of carbonyl (C=O) groups is 1. The maximum atomic E-state index is 13.8. The average molecular weight is 426 g/mol. The van der Waals surface area contributed by atoms with Crippen LogP contribution in [0.25, 0.3) is 0 Å². The van der Waals surface area contributed by atoms with Gasteiger partial charge in [-0.2, -0.15) is 0 Å². The van der Waals surface area contributed by atoms with E-state index in [4.69, 9.17) is 4.74 Å². The summed E-state index contributed by atoms with van der Waals surface area (Å²) >= 11 is 1.33. The molecule has 0 aliphatic heterocycles. The third-order valence-electron chi connectivity index (χ3n) is 4.74.